The van der Waals surface area contributed by atoms with E-state index in [2.05, 4.69) is 68.0 Å². The highest BCUT2D eigenvalue weighted by Crippen LogP contribution is 2.24. The van der Waals surface area contributed by atoms with Gasteiger partial charge in [0.15, 0.2) is 0 Å². The van der Waals surface area contributed by atoms with Crippen LogP contribution in [0.4, 0.5) is 0 Å². The largest absolute Gasteiger partial charge is 0.460 e. The van der Waals surface area contributed by atoms with Crippen LogP contribution in [0.15, 0.2) is 6.07 Å². The van der Waals surface area contributed by atoms with Gasteiger partial charge in [-0.3, -0.25) is 4.79 Å². The molecule has 0 rings (SSSR count). The van der Waals surface area contributed by atoms with Crippen molar-refractivity contribution in [2.24, 2.45) is 0 Å². The molecule has 0 spiro atoms. The standard InChI is InChI=1S/C10H15BrI2O2/c1-2-3-4-5-6-9(14)15-7-8(12)10(11)13/h2-7H2,1H3. The predicted molar refractivity (Wildman–Crippen MR) is 83.7 cm³/mol. The molecular formula is C10H15BrI2O2. The second-order valence-corrected chi connectivity index (χ2v) is 7.79. The van der Waals surface area contributed by atoms with Gasteiger partial charge in [-0.05, 0) is 67.5 Å². The molecule has 0 aliphatic heterocycles. The Morgan fingerprint density at radius 3 is 2.47 bits per heavy atom. The Bertz CT molecular complexity index is 225. The normalized spacial score (nSPS) is 12.3. The maximum Gasteiger partial charge on any atom is 0.306 e. The van der Waals surface area contributed by atoms with Crippen molar-refractivity contribution >= 4 is 67.1 Å². The lowest BCUT2D eigenvalue weighted by molar-refractivity contribution is -0.142. The van der Waals surface area contributed by atoms with Gasteiger partial charge in [-0.1, -0.05) is 26.2 Å². The van der Waals surface area contributed by atoms with Gasteiger partial charge in [0, 0.05) is 10.0 Å². The van der Waals surface area contributed by atoms with Gasteiger partial charge in [-0.15, -0.1) is 0 Å². The molecule has 15 heavy (non-hydrogen) atoms. The summed E-state index contributed by atoms with van der Waals surface area (Å²) < 4.78 is 7.13. The summed E-state index contributed by atoms with van der Waals surface area (Å²) >= 11 is 7.65. The molecule has 0 aromatic heterocycles. The van der Waals surface area contributed by atoms with Crippen molar-refractivity contribution in [1.82, 2.24) is 0 Å². The quantitative estimate of drug-likeness (QED) is 0.281. The summed E-state index contributed by atoms with van der Waals surface area (Å²) in [7, 11) is 0. The molecule has 0 aromatic rings. The summed E-state index contributed by atoms with van der Waals surface area (Å²) in [5.41, 5.74) is 0. The molecule has 0 amide bonds. The summed E-state index contributed by atoms with van der Waals surface area (Å²) in [5.74, 6) is -0.0922. The van der Waals surface area contributed by atoms with Crippen LogP contribution in [-0.2, 0) is 9.53 Å². The highest BCUT2D eigenvalue weighted by atomic mass is 127. The number of rotatable bonds is 7. The minimum absolute atomic E-state index is 0.0922. The monoisotopic (exact) mass is 500 g/mol. The Morgan fingerprint density at radius 2 is 1.93 bits per heavy atom. The fourth-order valence-electron chi connectivity index (χ4n) is 0.967. The van der Waals surface area contributed by atoms with E-state index >= 15 is 0 Å². The van der Waals surface area contributed by atoms with Crippen LogP contribution in [0.2, 0.25) is 0 Å². The minimum atomic E-state index is -0.0922. The van der Waals surface area contributed by atoms with E-state index in [1.807, 2.05) is 0 Å². The van der Waals surface area contributed by atoms with E-state index in [9.17, 15) is 4.79 Å². The van der Waals surface area contributed by atoms with Crippen LogP contribution in [0.5, 0.6) is 0 Å². The van der Waals surface area contributed by atoms with Gasteiger partial charge in [0.05, 0.1) is 2.49 Å². The Kier molecular flexibility index (Phi) is 11.1. The number of halogens is 3. The summed E-state index contributed by atoms with van der Waals surface area (Å²) in [5, 5.41) is 0. The van der Waals surface area contributed by atoms with Gasteiger partial charge in [-0.25, -0.2) is 0 Å². The van der Waals surface area contributed by atoms with Gasteiger partial charge in [0.2, 0.25) is 0 Å². The molecule has 88 valence electrons. The van der Waals surface area contributed by atoms with Gasteiger partial charge in [0.1, 0.15) is 6.61 Å². The molecule has 0 aliphatic rings. The molecule has 0 heterocycles. The Balaban J connectivity index is 3.54. The first-order valence-corrected chi connectivity index (χ1v) is 7.88. The summed E-state index contributed by atoms with van der Waals surface area (Å²) in [6.45, 7) is 2.54. The van der Waals surface area contributed by atoms with E-state index in [0.717, 1.165) is 18.9 Å². The van der Waals surface area contributed by atoms with Crippen molar-refractivity contribution < 1.29 is 9.53 Å². The SMILES string of the molecule is CCCCCCC(=O)OCC(I)=C(Br)I. The molecule has 0 bridgehead atoms. The highest BCUT2D eigenvalue weighted by Gasteiger charge is 2.04. The van der Waals surface area contributed by atoms with Crippen LogP contribution in [-0.4, -0.2) is 12.6 Å². The van der Waals surface area contributed by atoms with Crippen LogP contribution >= 0.6 is 61.1 Å². The number of unbranched alkanes of at least 4 members (excludes halogenated alkanes) is 3. The molecule has 0 saturated heterocycles. The topological polar surface area (TPSA) is 26.3 Å². The molecule has 0 unspecified atom stereocenters. The fourth-order valence-corrected chi connectivity index (χ4v) is 1.39. The third kappa shape index (κ3) is 10.0. The first-order valence-electron chi connectivity index (χ1n) is 4.93. The van der Waals surface area contributed by atoms with Crippen LogP contribution in [0, 0.1) is 0 Å². The molecule has 0 fully saturated rings. The van der Waals surface area contributed by atoms with E-state index in [4.69, 9.17) is 4.74 Å². The molecule has 0 radical (unpaired) electrons. The van der Waals surface area contributed by atoms with Crippen LogP contribution < -0.4 is 0 Å². The van der Waals surface area contributed by atoms with Crippen molar-refractivity contribution in [3.8, 4) is 0 Å². The van der Waals surface area contributed by atoms with E-state index in [1.54, 1.807) is 0 Å². The van der Waals surface area contributed by atoms with E-state index in [-0.39, 0.29) is 5.97 Å². The molecule has 5 heteroatoms. The fraction of sp³-hybridized carbons (Fsp3) is 0.700. The average Bonchev–Trinajstić information content (AvgIpc) is 2.20. The zero-order valence-corrected chi connectivity index (χ0v) is 14.6. The van der Waals surface area contributed by atoms with Gasteiger partial charge >= 0.3 is 5.97 Å². The van der Waals surface area contributed by atoms with Gasteiger partial charge in [-0.2, -0.15) is 0 Å². The number of ether oxygens (including phenoxy) is 1. The molecule has 2 nitrogen and oxygen atoms in total. The minimum Gasteiger partial charge on any atom is -0.460 e. The maximum absolute atomic E-state index is 11.3. The zero-order valence-electron chi connectivity index (χ0n) is 8.69. The Hall–Kier alpha value is 1.15. The van der Waals surface area contributed by atoms with E-state index in [0.29, 0.717) is 13.0 Å². The Labute approximate surface area is 127 Å². The van der Waals surface area contributed by atoms with Crippen molar-refractivity contribution in [2.45, 2.75) is 39.0 Å². The third-order valence-corrected chi connectivity index (χ3v) is 5.55. The molecular weight excluding hydrogens is 486 g/mol. The number of carbonyl (C=O) groups excluding carboxylic acids is 1. The summed E-state index contributed by atoms with van der Waals surface area (Å²) in [4.78, 5) is 11.3. The lowest BCUT2D eigenvalue weighted by Gasteiger charge is -2.04. The molecule has 0 aromatic carbocycles. The van der Waals surface area contributed by atoms with E-state index in [1.165, 1.54) is 12.8 Å². The molecule has 0 saturated carbocycles. The average molecular weight is 501 g/mol. The number of esters is 1. The highest BCUT2D eigenvalue weighted by molar-refractivity contribution is 14.1. The second-order valence-electron chi connectivity index (χ2n) is 3.14. The number of hydrogen-bond donors (Lipinski definition) is 0. The molecule has 0 atom stereocenters. The first kappa shape index (κ1) is 16.1. The smallest absolute Gasteiger partial charge is 0.306 e. The van der Waals surface area contributed by atoms with Crippen molar-refractivity contribution in [2.75, 3.05) is 6.61 Å². The molecule has 0 aliphatic carbocycles. The number of carbonyl (C=O) groups is 1. The lowest BCUT2D eigenvalue weighted by atomic mass is 10.2. The zero-order chi connectivity index (χ0) is 11.7. The lowest BCUT2D eigenvalue weighted by Crippen LogP contribution is -2.05. The first-order chi connectivity index (χ1) is 7.07. The van der Waals surface area contributed by atoms with Crippen molar-refractivity contribution in [1.29, 1.82) is 0 Å². The second kappa shape index (κ2) is 10.3. The molecule has 0 N–H and O–H groups in total. The van der Waals surface area contributed by atoms with Crippen molar-refractivity contribution in [3.05, 3.63) is 6.07 Å². The van der Waals surface area contributed by atoms with Crippen LogP contribution in [0.3, 0.4) is 0 Å². The van der Waals surface area contributed by atoms with Gasteiger partial charge in [0.25, 0.3) is 0 Å². The maximum atomic E-state index is 11.3. The van der Waals surface area contributed by atoms with Crippen LogP contribution in [0.25, 0.3) is 0 Å². The summed E-state index contributed by atoms with van der Waals surface area (Å²) in [6.07, 6.45) is 5.00. The van der Waals surface area contributed by atoms with Crippen molar-refractivity contribution in [3.63, 3.8) is 0 Å². The Morgan fingerprint density at radius 1 is 1.27 bits per heavy atom. The van der Waals surface area contributed by atoms with Gasteiger partial charge < -0.3 is 4.74 Å². The van der Waals surface area contributed by atoms with E-state index < -0.39 is 0 Å². The summed E-state index contributed by atoms with van der Waals surface area (Å²) in [6, 6.07) is 0. The predicted octanol–water partition coefficient (Wildman–Crippen LogP) is 4.93. The third-order valence-electron chi connectivity index (χ3n) is 1.80. The van der Waals surface area contributed by atoms with Crippen LogP contribution in [0.1, 0.15) is 39.0 Å². The number of hydrogen-bond acceptors (Lipinski definition) is 2.